The zero-order valence-electron chi connectivity index (χ0n) is 17.4. The highest BCUT2D eigenvalue weighted by Crippen LogP contribution is 2.34. The molecule has 0 saturated carbocycles. The molecule has 0 aromatic heterocycles. The second-order valence-electron chi connectivity index (χ2n) is 8.62. The minimum Gasteiger partial charge on any atom is -0.324 e. The molecule has 2 rings (SSSR count). The number of carbonyl (C=O) groups is 1. The van der Waals surface area contributed by atoms with E-state index < -0.39 is 0 Å². The molecule has 0 saturated heterocycles. The van der Waals surface area contributed by atoms with E-state index >= 15 is 0 Å². The maximum atomic E-state index is 12.5. The minimum atomic E-state index is -0.0986. The van der Waals surface area contributed by atoms with Crippen LogP contribution in [0.1, 0.15) is 64.5 Å². The Morgan fingerprint density at radius 2 is 1.96 bits per heavy atom. The van der Waals surface area contributed by atoms with Crippen molar-refractivity contribution in [2.45, 2.75) is 72.8 Å². The molecule has 1 aliphatic rings. The van der Waals surface area contributed by atoms with Crippen molar-refractivity contribution in [1.29, 1.82) is 0 Å². The number of aryl methyl sites for hydroxylation is 2. The molecular formula is C23H36N2O. The molecule has 3 atom stereocenters. The van der Waals surface area contributed by atoms with E-state index in [9.17, 15) is 4.79 Å². The van der Waals surface area contributed by atoms with Crippen LogP contribution in [0.5, 0.6) is 0 Å². The van der Waals surface area contributed by atoms with Crippen molar-refractivity contribution in [2.24, 2.45) is 11.8 Å². The van der Waals surface area contributed by atoms with Gasteiger partial charge in [0, 0.05) is 11.2 Å². The Hall–Kier alpha value is -1.61. The van der Waals surface area contributed by atoms with Crippen molar-refractivity contribution in [3.8, 4) is 0 Å². The molecule has 0 aliphatic heterocycles. The Morgan fingerprint density at radius 3 is 2.58 bits per heavy atom. The van der Waals surface area contributed by atoms with Crippen molar-refractivity contribution in [1.82, 2.24) is 5.32 Å². The molecule has 0 bridgehead atoms. The normalized spacial score (nSPS) is 24.1. The third kappa shape index (κ3) is 5.70. The molecule has 144 valence electrons. The van der Waals surface area contributed by atoms with Crippen molar-refractivity contribution in [2.75, 3.05) is 11.9 Å². The fourth-order valence-corrected chi connectivity index (χ4v) is 4.15. The molecule has 0 spiro atoms. The van der Waals surface area contributed by atoms with Crippen LogP contribution in [0.2, 0.25) is 0 Å². The Kier molecular flexibility index (Phi) is 7.05. The van der Waals surface area contributed by atoms with E-state index in [1.54, 1.807) is 5.57 Å². The maximum absolute atomic E-state index is 12.5. The lowest BCUT2D eigenvalue weighted by molar-refractivity contribution is -0.115. The summed E-state index contributed by atoms with van der Waals surface area (Å²) in [6, 6.07) is 6.08. The zero-order chi connectivity index (χ0) is 19.3. The second kappa shape index (κ2) is 8.85. The first-order valence-electron chi connectivity index (χ1n) is 10.0. The van der Waals surface area contributed by atoms with Crippen LogP contribution in [0.25, 0.3) is 0 Å². The first-order valence-corrected chi connectivity index (χ1v) is 10.0. The fraction of sp³-hybridized carbons (Fsp3) is 0.609. The molecule has 3 nitrogen and oxygen atoms in total. The van der Waals surface area contributed by atoms with Gasteiger partial charge in [0.15, 0.2) is 0 Å². The molecule has 1 amide bonds. The van der Waals surface area contributed by atoms with Gasteiger partial charge in [-0.15, -0.1) is 0 Å². The largest absolute Gasteiger partial charge is 0.324 e. The van der Waals surface area contributed by atoms with Gasteiger partial charge in [-0.3, -0.25) is 10.1 Å². The number of rotatable bonds is 7. The monoisotopic (exact) mass is 356 g/mol. The number of carbonyl (C=O) groups excluding carboxylic acids is 1. The van der Waals surface area contributed by atoms with Gasteiger partial charge < -0.3 is 5.32 Å². The average Bonchev–Trinajstić information content (AvgIpc) is 2.55. The molecule has 1 aliphatic carbocycles. The topological polar surface area (TPSA) is 41.1 Å². The molecule has 3 unspecified atom stereocenters. The number of nitrogens with one attached hydrogen (secondary N) is 2. The van der Waals surface area contributed by atoms with Gasteiger partial charge in [-0.05, 0) is 63.0 Å². The number of para-hydroxylation sites is 1. The standard InChI is InChI=1S/C23H36N2O/c1-7-16(2)11-20-12-17(3)13-23(6,14-20)24-15-21(26)25-22-18(4)9-8-10-19(22)5/h8-10,14,16-17,24H,7,11-13,15H2,1-6H3,(H,25,26). The van der Waals surface area contributed by atoms with E-state index in [1.807, 2.05) is 32.0 Å². The van der Waals surface area contributed by atoms with Crippen LogP contribution in [-0.4, -0.2) is 18.0 Å². The minimum absolute atomic E-state index is 0.0266. The Labute approximate surface area is 159 Å². The van der Waals surface area contributed by atoms with Crippen LogP contribution in [0.4, 0.5) is 5.69 Å². The summed E-state index contributed by atoms with van der Waals surface area (Å²) >= 11 is 0. The third-order valence-corrected chi connectivity index (χ3v) is 5.61. The van der Waals surface area contributed by atoms with Crippen LogP contribution in [0.3, 0.4) is 0 Å². The highest BCUT2D eigenvalue weighted by atomic mass is 16.1. The van der Waals surface area contributed by atoms with E-state index in [4.69, 9.17) is 0 Å². The number of amides is 1. The summed E-state index contributed by atoms with van der Waals surface area (Å²) in [6.45, 7) is 13.5. The highest BCUT2D eigenvalue weighted by Gasteiger charge is 2.30. The molecule has 0 heterocycles. The van der Waals surface area contributed by atoms with E-state index in [0.29, 0.717) is 12.5 Å². The van der Waals surface area contributed by atoms with Gasteiger partial charge in [0.05, 0.1) is 6.54 Å². The smallest absolute Gasteiger partial charge is 0.238 e. The summed E-state index contributed by atoms with van der Waals surface area (Å²) in [6.07, 6.45) is 7.05. The van der Waals surface area contributed by atoms with E-state index in [1.165, 1.54) is 19.3 Å². The average molecular weight is 357 g/mol. The summed E-state index contributed by atoms with van der Waals surface area (Å²) in [5.74, 6) is 1.40. The zero-order valence-corrected chi connectivity index (χ0v) is 17.4. The lowest BCUT2D eigenvalue weighted by Crippen LogP contribution is -2.47. The van der Waals surface area contributed by atoms with Gasteiger partial charge in [0.2, 0.25) is 5.91 Å². The predicted octanol–water partition coefficient (Wildman–Crippen LogP) is 5.38. The lowest BCUT2D eigenvalue weighted by atomic mass is 9.77. The van der Waals surface area contributed by atoms with Gasteiger partial charge in [-0.1, -0.05) is 57.0 Å². The number of hydrogen-bond acceptors (Lipinski definition) is 2. The van der Waals surface area contributed by atoms with Crippen LogP contribution in [0.15, 0.2) is 29.8 Å². The number of benzene rings is 1. The van der Waals surface area contributed by atoms with Gasteiger partial charge in [0.1, 0.15) is 0 Å². The Morgan fingerprint density at radius 1 is 1.31 bits per heavy atom. The Bertz CT molecular complexity index is 644. The molecular weight excluding hydrogens is 320 g/mol. The first-order chi connectivity index (χ1) is 12.2. The summed E-state index contributed by atoms with van der Waals surface area (Å²) in [5, 5.41) is 6.60. The van der Waals surface area contributed by atoms with Crippen LogP contribution < -0.4 is 10.6 Å². The van der Waals surface area contributed by atoms with Gasteiger partial charge in [-0.2, -0.15) is 0 Å². The van der Waals surface area contributed by atoms with Gasteiger partial charge >= 0.3 is 0 Å². The van der Waals surface area contributed by atoms with E-state index in [0.717, 1.165) is 29.2 Å². The van der Waals surface area contributed by atoms with Crippen molar-refractivity contribution in [3.63, 3.8) is 0 Å². The molecule has 26 heavy (non-hydrogen) atoms. The second-order valence-corrected chi connectivity index (χ2v) is 8.62. The SMILES string of the molecule is CCC(C)CC1=CC(C)(NCC(=O)Nc2c(C)cccc2C)CC(C)C1. The van der Waals surface area contributed by atoms with E-state index in [2.05, 4.69) is 44.4 Å². The quantitative estimate of drug-likeness (QED) is 0.644. The molecule has 1 aromatic rings. The lowest BCUT2D eigenvalue weighted by Gasteiger charge is -2.36. The van der Waals surface area contributed by atoms with E-state index in [-0.39, 0.29) is 11.4 Å². The highest BCUT2D eigenvalue weighted by molar-refractivity contribution is 5.93. The summed E-state index contributed by atoms with van der Waals surface area (Å²) in [5.41, 5.74) is 4.59. The molecule has 3 heteroatoms. The summed E-state index contributed by atoms with van der Waals surface area (Å²) in [4.78, 5) is 12.5. The first kappa shape index (κ1) is 20.7. The maximum Gasteiger partial charge on any atom is 0.238 e. The molecule has 1 aromatic carbocycles. The number of hydrogen-bond donors (Lipinski definition) is 2. The van der Waals surface area contributed by atoms with Gasteiger partial charge in [-0.25, -0.2) is 0 Å². The third-order valence-electron chi connectivity index (χ3n) is 5.61. The van der Waals surface area contributed by atoms with Crippen molar-refractivity contribution in [3.05, 3.63) is 41.0 Å². The molecule has 0 fully saturated rings. The fourth-order valence-electron chi connectivity index (χ4n) is 4.15. The van der Waals surface area contributed by atoms with Crippen molar-refractivity contribution < 1.29 is 4.79 Å². The number of allylic oxidation sites excluding steroid dienone is 1. The summed E-state index contributed by atoms with van der Waals surface area (Å²) < 4.78 is 0. The van der Waals surface area contributed by atoms with Crippen LogP contribution in [0, 0.1) is 25.7 Å². The Balaban J connectivity index is 2.00. The van der Waals surface area contributed by atoms with Crippen LogP contribution >= 0.6 is 0 Å². The molecule has 0 radical (unpaired) electrons. The number of anilines is 1. The van der Waals surface area contributed by atoms with Gasteiger partial charge in [0.25, 0.3) is 0 Å². The predicted molar refractivity (Wildman–Crippen MR) is 112 cm³/mol. The molecule has 2 N–H and O–H groups in total. The van der Waals surface area contributed by atoms with Crippen LogP contribution in [-0.2, 0) is 4.79 Å². The van der Waals surface area contributed by atoms with Crippen molar-refractivity contribution >= 4 is 11.6 Å². The summed E-state index contributed by atoms with van der Waals surface area (Å²) in [7, 11) is 0.